The Labute approximate surface area is 206 Å². The maximum atomic E-state index is 12.0. The standard InChI is InChI=1S/C28H21N3O5/c1-17-13-20(18(2)31(17)21-8-4-7-19(14-21)28(32)33-3)16-30-27-22(15-29)25(23-9-5-11-34-23)26(36-27)24-10-6-12-35-24/h4-14,16H,1-3H3. The van der Waals surface area contributed by atoms with Crippen LogP contribution < -0.4 is 0 Å². The van der Waals surface area contributed by atoms with Gasteiger partial charge in [0.15, 0.2) is 11.5 Å². The maximum absolute atomic E-state index is 12.0. The number of aliphatic imine (C=N–C) groups is 1. The summed E-state index contributed by atoms with van der Waals surface area (Å²) in [5, 5.41) is 9.95. The maximum Gasteiger partial charge on any atom is 0.337 e. The molecule has 4 heterocycles. The Morgan fingerprint density at radius 2 is 1.81 bits per heavy atom. The van der Waals surface area contributed by atoms with Crippen molar-refractivity contribution in [3.05, 3.63) is 95.2 Å². The van der Waals surface area contributed by atoms with Gasteiger partial charge in [0.1, 0.15) is 17.4 Å². The Hall–Kier alpha value is -5.03. The minimum atomic E-state index is -0.400. The van der Waals surface area contributed by atoms with Crippen LogP contribution in [0, 0.1) is 25.2 Å². The lowest BCUT2D eigenvalue weighted by Gasteiger charge is -2.10. The number of aromatic nitrogens is 1. The van der Waals surface area contributed by atoms with Crippen LogP contribution in [0.25, 0.3) is 28.5 Å². The van der Waals surface area contributed by atoms with Crippen molar-refractivity contribution < 1.29 is 22.8 Å². The molecular formula is C28H21N3O5. The van der Waals surface area contributed by atoms with Crippen LogP contribution in [0.15, 0.2) is 85.4 Å². The molecule has 0 amide bonds. The molecule has 0 saturated carbocycles. The van der Waals surface area contributed by atoms with E-state index in [1.165, 1.54) is 19.6 Å². The first-order valence-electron chi connectivity index (χ1n) is 11.1. The van der Waals surface area contributed by atoms with Crippen LogP contribution in [0.1, 0.15) is 32.9 Å². The zero-order valence-electron chi connectivity index (χ0n) is 19.8. The number of rotatable bonds is 6. The summed E-state index contributed by atoms with van der Waals surface area (Å²) < 4.78 is 24.0. The van der Waals surface area contributed by atoms with Gasteiger partial charge in [-0.3, -0.25) is 0 Å². The van der Waals surface area contributed by atoms with Gasteiger partial charge in [0.2, 0.25) is 5.88 Å². The van der Waals surface area contributed by atoms with Crippen LogP contribution in [0.2, 0.25) is 0 Å². The first-order valence-corrected chi connectivity index (χ1v) is 11.1. The summed E-state index contributed by atoms with van der Waals surface area (Å²) in [5.41, 5.74) is 4.69. The van der Waals surface area contributed by atoms with Crippen molar-refractivity contribution in [1.29, 1.82) is 5.26 Å². The van der Waals surface area contributed by atoms with Gasteiger partial charge >= 0.3 is 5.97 Å². The molecule has 0 N–H and O–H groups in total. The lowest BCUT2D eigenvalue weighted by atomic mass is 10.1. The number of furan rings is 3. The molecule has 0 fully saturated rings. The molecule has 0 unspecified atom stereocenters. The van der Waals surface area contributed by atoms with E-state index in [-0.39, 0.29) is 11.4 Å². The van der Waals surface area contributed by atoms with E-state index in [0.717, 1.165) is 22.6 Å². The fourth-order valence-electron chi connectivity index (χ4n) is 4.18. The fourth-order valence-corrected chi connectivity index (χ4v) is 4.18. The zero-order valence-corrected chi connectivity index (χ0v) is 19.8. The van der Waals surface area contributed by atoms with Gasteiger partial charge in [0.05, 0.1) is 30.8 Å². The number of aryl methyl sites for hydroxylation is 1. The van der Waals surface area contributed by atoms with Gasteiger partial charge in [0, 0.05) is 28.9 Å². The highest BCUT2D eigenvalue weighted by molar-refractivity contribution is 5.90. The minimum absolute atomic E-state index is 0.146. The topological polar surface area (TPSA) is 107 Å². The van der Waals surface area contributed by atoms with Crippen LogP contribution in [0.4, 0.5) is 5.88 Å². The highest BCUT2D eigenvalue weighted by Gasteiger charge is 2.26. The van der Waals surface area contributed by atoms with Crippen LogP contribution in [-0.4, -0.2) is 23.9 Å². The third-order valence-electron chi connectivity index (χ3n) is 5.83. The average Bonchev–Trinajstić information content (AvgIpc) is 3.69. The Morgan fingerprint density at radius 1 is 1.06 bits per heavy atom. The molecule has 0 radical (unpaired) electrons. The second kappa shape index (κ2) is 9.31. The van der Waals surface area contributed by atoms with Gasteiger partial charge in [0.25, 0.3) is 0 Å². The number of nitrogens with zero attached hydrogens (tertiary/aromatic N) is 3. The molecule has 0 bridgehead atoms. The summed E-state index contributed by atoms with van der Waals surface area (Å²) in [7, 11) is 1.36. The molecule has 36 heavy (non-hydrogen) atoms. The van der Waals surface area contributed by atoms with E-state index in [9.17, 15) is 10.1 Å². The van der Waals surface area contributed by atoms with Gasteiger partial charge in [-0.15, -0.1) is 0 Å². The molecule has 5 aromatic rings. The normalized spacial score (nSPS) is 11.2. The van der Waals surface area contributed by atoms with Crippen molar-refractivity contribution in [3.63, 3.8) is 0 Å². The number of hydrogen-bond donors (Lipinski definition) is 0. The quantitative estimate of drug-likeness (QED) is 0.200. The van der Waals surface area contributed by atoms with Gasteiger partial charge in [-0.05, 0) is 62.4 Å². The van der Waals surface area contributed by atoms with E-state index >= 15 is 0 Å². The molecule has 0 aliphatic heterocycles. The minimum Gasteiger partial charge on any atom is -0.465 e. The first-order chi connectivity index (χ1) is 17.5. The largest absolute Gasteiger partial charge is 0.465 e. The number of carbonyl (C=O) groups is 1. The number of hydrogen-bond acceptors (Lipinski definition) is 7. The third-order valence-corrected chi connectivity index (χ3v) is 5.83. The van der Waals surface area contributed by atoms with Crippen LogP contribution >= 0.6 is 0 Å². The van der Waals surface area contributed by atoms with Crippen molar-refractivity contribution in [1.82, 2.24) is 4.57 Å². The van der Waals surface area contributed by atoms with Crippen molar-refractivity contribution in [3.8, 4) is 34.6 Å². The molecule has 1 aromatic carbocycles. The second-order valence-electron chi connectivity index (χ2n) is 8.01. The Balaban J connectivity index is 1.57. The lowest BCUT2D eigenvalue weighted by molar-refractivity contribution is 0.0600. The number of ether oxygens (including phenoxy) is 1. The SMILES string of the molecule is COC(=O)c1cccc(-n2c(C)cc(C=Nc3oc(-c4ccco4)c(-c4ccco4)c3C#N)c2C)c1. The summed E-state index contributed by atoms with van der Waals surface area (Å²) in [6, 6.07) is 18.3. The molecular weight excluding hydrogens is 458 g/mol. The fraction of sp³-hybridized carbons (Fsp3) is 0.107. The molecule has 0 spiro atoms. The predicted octanol–water partition coefficient (Wildman–Crippen LogP) is 6.62. The van der Waals surface area contributed by atoms with Crippen LogP contribution in [-0.2, 0) is 4.74 Å². The number of methoxy groups -OCH3 is 1. The monoisotopic (exact) mass is 479 g/mol. The molecule has 0 saturated heterocycles. The molecule has 0 aliphatic carbocycles. The molecule has 8 heteroatoms. The van der Waals surface area contributed by atoms with Gasteiger partial charge in [-0.25, -0.2) is 9.79 Å². The summed E-state index contributed by atoms with van der Waals surface area (Å²) in [6.45, 7) is 3.92. The van der Waals surface area contributed by atoms with Gasteiger partial charge in [-0.2, -0.15) is 5.26 Å². The van der Waals surface area contributed by atoms with Crippen LogP contribution in [0.3, 0.4) is 0 Å². The summed E-state index contributed by atoms with van der Waals surface area (Å²) in [5.74, 6) is 1.05. The summed E-state index contributed by atoms with van der Waals surface area (Å²) in [6.07, 6.45) is 4.71. The number of esters is 1. The van der Waals surface area contributed by atoms with Crippen LogP contribution in [0.5, 0.6) is 0 Å². The second-order valence-corrected chi connectivity index (χ2v) is 8.01. The van der Waals surface area contributed by atoms with E-state index in [4.69, 9.17) is 18.0 Å². The predicted molar refractivity (Wildman–Crippen MR) is 133 cm³/mol. The highest BCUT2D eigenvalue weighted by atomic mass is 16.5. The van der Waals surface area contributed by atoms with E-state index in [0.29, 0.717) is 28.4 Å². The molecule has 4 aromatic heterocycles. The van der Waals surface area contributed by atoms with Crippen molar-refractivity contribution in [2.45, 2.75) is 13.8 Å². The summed E-state index contributed by atoms with van der Waals surface area (Å²) in [4.78, 5) is 16.5. The highest BCUT2D eigenvalue weighted by Crippen LogP contribution is 2.42. The van der Waals surface area contributed by atoms with E-state index in [2.05, 4.69) is 11.1 Å². The van der Waals surface area contributed by atoms with E-state index in [1.54, 1.807) is 42.6 Å². The Bertz CT molecular complexity index is 1610. The van der Waals surface area contributed by atoms with Crippen molar-refractivity contribution >= 4 is 18.1 Å². The number of carbonyl (C=O) groups excluding carboxylic acids is 1. The smallest absolute Gasteiger partial charge is 0.337 e. The molecule has 0 atom stereocenters. The molecule has 5 rings (SSSR count). The third kappa shape index (κ3) is 3.93. The van der Waals surface area contributed by atoms with Gasteiger partial charge < -0.3 is 22.6 Å². The van der Waals surface area contributed by atoms with Crippen molar-refractivity contribution in [2.75, 3.05) is 7.11 Å². The van der Waals surface area contributed by atoms with Gasteiger partial charge in [-0.1, -0.05) is 6.07 Å². The lowest BCUT2D eigenvalue weighted by Crippen LogP contribution is -2.04. The Kier molecular flexibility index (Phi) is 5.88. The van der Waals surface area contributed by atoms with E-state index < -0.39 is 5.97 Å². The first kappa shape index (κ1) is 22.7. The zero-order chi connectivity index (χ0) is 25.2. The molecule has 8 nitrogen and oxygen atoms in total. The Morgan fingerprint density at radius 3 is 2.47 bits per heavy atom. The number of nitriles is 1. The summed E-state index contributed by atoms with van der Waals surface area (Å²) >= 11 is 0. The molecule has 178 valence electrons. The van der Waals surface area contributed by atoms with E-state index in [1.807, 2.05) is 36.6 Å². The number of benzene rings is 1. The van der Waals surface area contributed by atoms with Crippen molar-refractivity contribution in [2.24, 2.45) is 4.99 Å². The average molecular weight is 479 g/mol. The molecule has 0 aliphatic rings.